The van der Waals surface area contributed by atoms with E-state index in [9.17, 15) is 0 Å². The maximum absolute atomic E-state index is 2.42. The third kappa shape index (κ3) is 3.42. The molecule has 0 amide bonds. The predicted molar refractivity (Wildman–Crippen MR) is 123 cm³/mol. The molecule has 0 saturated heterocycles. The van der Waals surface area contributed by atoms with Gasteiger partial charge in [0.15, 0.2) is 0 Å². The van der Waals surface area contributed by atoms with Crippen molar-refractivity contribution in [3.63, 3.8) is 0 Å². The van der Waals surface area contributed by atoms with Crippen LogP contribution < -0.4 is 0 Å². The van der Waals surface area contributed by atoms with E-state index < -0.39 is 0 Å². The number of benzene rings is 1. The van der Waals surface area contributed by atoms with E-state index in [4.69, 9.17) is 0 Å². The van der Waals surface area contributed by atoms with Crippen LogP contribution in [0.1, 0.15) is 102 Å². The van der Waals surface area contributed by atoms with Crippen molar-refractivity contribution in [3.8, 4) is 0 Å². The van der Waals surface area contributed by atoms with Gasteiger partial charge in [-0.3, -0.25) is 0 Å². The van der Waals surface area contributed by atoms with Gasteiger partial charge in [0.1, 0.15) is 0 Å². The third-order valence-corrected chi connectivity index (χ3v) is 10.1. The van der Waals surface area contributed by atoms with E-state index in [0.717, 1.165) is 34.5 Å². The summed E-state index contributed by atoms with van der Waals surface area (Å²) in [6.07, 6.45) is 19.9. The molecule has 27 heavy (non-hydrogen) atoms. The monoisotopic (exact) mass is 476 g/mol. The molecular weight excluding hydrogens is 439 g/mol. The summed E-state index contributed by atoms with van der Waals surface area (Å²) < 4.78 is 1.37. The van der Waals surface area contributed by atoms with Gasteiger partial charge in [0.2, 0.25) is 0 Å². The summed E-state index contributed by atoms with van der Waals surface area (Å²) in [4.78, 5) is 0. The molecule has 5 aliphatic rings. The molecule has 1 aromatic rings. The van der Waals surface area contributed by atoms with E-state index in [1.54, 1.807) is 50.5 Å². The molecule has 0 unspecified atom stereocenters. The van der Waals surface area contributed by atoms with Crippen LogP contribution in [-0.4, -0.2) is 0 Å². The van der Waals surface area contributed by atoms with Crippen molar-refractivity contribution in [2.24, 2.45) is 28.6 Å². The Bertz CT molecular complexity index is 624. The molecule has 1 heteroatoms. The quantitative estimate of drug-likeness (QED) is 0.375. The minimum Gasteiger partial charge on any atom is -0.0654 e. The van der Waals surface area contributed by atoms with Crippen LogP contribution in [0, 0.1) is 32.2 Å². The van der Waals surface area contributed by atoms with Crippen molar-refractivity contribution in [3.05, 3.63) is 33.4 Å². The van der Waals surface area contributed by atoms with Gasteiger partial charge in [0.25, 0.3) is 0 Å². The lowest BCUT2D eigenvalue weighted by Crippen LogP contribution is -2.65. The first-order chi connectivity index (χ1) is 13.1. The molecule has 0 spiro atoms. The van der Waals surface area contributed by atoms with Crippen LogP contribution >= 0.6 is 22.6 Å². The molecule has 2 bridgehead atoms. The van der Waals surface area contributed by atoms with Crippen LogP contribution in [0.2, 0.25) is 0 Å². The van der Waals surface area contributed by atoms with E-state index in [0.29, 0.717) is 0 Å². The molecule has 6 rings (SSSR count). The lowest BCUT2D eigenvalue weighted by Gasteiger charge is -2.75. The molecule has 5 aliphatic carbocycles. The molecule has 0 nitrogen and oxygen atoms in total. The van der Waals surface area contributed by atoms with Crippen molar-refractivity contribution in [1.82, 2.24) is 0 Å². The molecule has 5 saturated carbocycles. The van der Waals surface area contributed by atoms with Crippen LogP contribution in [0.25, 0.3) is 0 Å². The Labute approximate surface area is 180 Å². The van der Waals surface area contributed by atoms with Gasteiger partial charge in [0.05, 0.1) is 0 Å². The van der Waals surface area contributed by atoms with Crippen molar-refractivity contribution >= 4 is 22.6 Å². The van der Waals surface area contributed by atoms with Crippen LogP contribution in [0.5, 0.6) is 0 Å². The second-order valence-electron chi connectivity index (χ2n) is 10.9. The zero-order valence-corrected chi connectivity index (χ0v) is 19.3. The minimum atomic E-state index is 0.838. The topological polar surface area (TPSA) is 0 Å². The van der Waals surface area contributed by atoms with Gasteiger partial charge in [-0.25, -0.2) is 0 Å². The Morgan fingerprint density at radius 2 is 1.37 bits per heavy atom. The van der Waals surface area contributed by atoms with Gasteiger partial charge < -0.3 is 0 Å². The molecule has 0 N–H and O–H groups in total. The molecule has 1 aromatic carbocycles. The van der Waals surface area contributed by atoms with Crippen molar-refractivity contribution < 1.29 is 0 Å². The first kappa shape index (κ1) is 18.9. The van der Waals surface area contributed by atoms with Crippen molar-refractivity contribution in [2.45, 2.75) is 96.3 Å². The van der Waals surface area contributed by atoms with Crippen molar-refractivity contribution in [2.75, 3.05) is 0 Å². The Hall–Kier alpha value is -0.0500. The van der Waals surface area contributed by atoms with Crippen molar-refractivity contribution in [1.29, 1.82) is 0 Å². The molecule has 0 heterocycles. The average molecular weight is 476 g/mol. The van der Waals surface area contributed by atoms with E-state index in [-0.39, 0.29) is 0 Å². The maximum atomic E-state index is 2.42. The van der Waals surface area contributed by atoms with Crippen LogP contribution in [0.4, 0.5) is 0 Å². The fourth-order valence-electron chi connectivity index (χ4n) is 8.18. The molecule has 148 valence electrons. The smallest absolute Gasteiger partial charge is 0.0130 e. The highest BCUT2D eigenvalue weighted by molar-refractivity contribution is 14.1. The zero-order chi connectivity index (χ0) is 18.5. The molecule has 0 radical (unpaired) electrons. The van der Waals surface area contributed by atoms with Crippen LogP contribution in [0.3, 0.4) is 0 Å². The van der Waals surface area contributed by atoms with Gasteiger partial charge >= 0.3 is 0 Å². The fraction of sp³-hybridized carbons (Fsp3) is 0.769. The highest BCUT2D eigenvalue weighted by atomic mass is 127. The molecule has 0 atom stereocenters. The summed E-state index contributed by atoms with van der Waals surface area (Å²) in [5.74, 6) is 4.06. The SMILES string of the molecule is CCCC12CC([C@H]3CC[C@H](C4CCC(c5ccc(I)cc5)CC4)CC3)(C1)C2. The Balaban J connectivity index is 1.09. The van der Waals surface area contributed by atoms with Gasteiger partial charge in [-0.2, -0.15) is 0 Å². The second-order valence-corrected chi connectivity index (χ2v) is 12.2. The Morgan fingerprint density at radius 3 is 1.93 bits per heavy atom. The number of halogens is 1. The molecular formula is C26H37I. The second kappa shape index (κ2) is 7.33. The van der Waals surface area contributed by atoms with Gasteiger partial charge in [0, 0.05) is 3.57 Å². The van der Waals surface area contributed by atoms with E-state index >= 15 is 0 Å². The summed E-state index contributed by atoms with van der Waals surface area (Å²) in [5, 5.41) is 0. The summed E-state index contributed by atoms with van der Waals surface area (Å²) in [5.41, 5.74) is 3.30. The highest BCUT2D eigenvalue weighted by Crippen LogP contribution is 2.79. The molecule has 0 aromatic heterocycles. The summed E-state index contributed by atoms with van der Waals surface area (Å²) >= 11 is 2.42. The van der Waals surface area contributed by atoms with Crippen LogP contribution in [-0.2, 0) is 0 Å². The molecule has 0 aliphatic heterocycles. The average Bonchev–Trinajstić information content (AvgIpc) is 2.65. The number of hydrogen-bond acceptors (Lipinski definition) is 0. The minimum absolute atomic E-state index is 0.838. The van der Waals surface area contributed by atoms with Gasteiger partial charge in [-0.05, 0) is 152 Å². The lowest BCUT2D eigenvalue weighted by molar-refractivity contribution is -0.246. The first-order valence-electron chi connectivity index (χ1n) is 11.9. The third-order valence-electron chi connectivity index (χ3n) is 9.38. The Kier molecular flexibility index (Phi) is 5.14. The van der Waals surface area contributed by atoms with E-state index in [1.807, 2.05) is 0 Å². The molecule has 5 fully saturated rings. The van der Waals surface area contributed by atoms with Gasteiger partial charge in [-0.15, -0.1) is 0 Å². The highest BCUT2D eigenvalue weighted by Gasteiger charge is 2.68. The first-order valence-corrected chi connectivity index (χ1v) is 12.9. The lowest BCUT2D eigenvalue weighted by atomic mass is 9.30. The van der Waals surface area contributed by atoms with E-state index in [2.05, 4.69) is 53.8 Å². The normalized spacial score (nSPS) is 43.6. The zero-order valence-electron chi connectivity index (χ0n) is 17.2. The van der Waals surface area contributed by atoms with Crippen LogP contribution in [0.15, 0.2) is 24.3 Å². The largest absolute Gasteiger partial charge is 0.0654 e. The standard InChI is InChI=1S/C26H37I/c1-2-15-25-16-26(17-25,18-25)23-11-7-21(8-12-23)19-3-5-20(6-4-19)22-9-13-24(27)14-10-22/h9-10,13-14,19-21,23H,2-8,11-12,15-18H2,1H3/t19?,20?,21-,23-,25?,26?. The fourth-order valence-corrected chi connectivity index (χ4v) is 8.54. The predicted octanol–water partition coefficient (Wildman–Crippen LogP) is 8.34. The summed E-state index contributed by atoms with van der Waals surface area (Å²) in [6.45, 7) is 2.38. The Morgan fingerprint density at radius 1 is 0.815 bits per heavy atom. The maximum Gasteiger partial charge on any atom is 0.0130 e. The number of hydrogen-bond donors (Lipinski definition) is 0. The van der Waals surface area contributed by atoms with E-state index in [1.165, 1.54) is 42.1 Å². The van der Waals surface area contributed by atoms with Gasteiger partial charge in [-0.1, -0.05) is 25.5 Å². The number of rotatable bonds is 5. The summed E-state index contributed by atoms with van der Waals surface area (Å²) in [7, 11) is 0. The summed E-state index contributed by atoms with van der Waals surface area (Å²) in [6, 6.07) is 9.34.